The van der Waals surface area contributed by atoms with Gasteiger partial charge < -0.3 is 0 Å². The van der Waals surface area contributed by atoms with Crippen LogP contribution in [0.15, 0.2) is 23.4 Å². The summed E-state index contributed by atoms with van der Waals surface area (Å²) in [5.74, 6) is -0.546. The second-order valence-corrected chi connectivity index (χ2v) is 8.39. The molecule has 5 nitrogen and oxygen atoms in total. The molecule has 0 bridgehead atoms. The lowest BCUT2D eigenvalue weighted by Crippen LogP contribution is -2.41. The van der Waals surface area contributed by atoms with Crippen molar-refractivity contribution in [1.82, 2.24) is 9.71 Å². The Kier molecular flexibility index (Phi) is 3.97. The maximum Gasteiger partial charge on any atom is 0.265 e. The van der Waals surface area contributed by atoms with Gasteiger partial charge in [-0.2, -0.15) is 0 Å². The molecule has 3 rings (SSSR count). The van der Waals surface area contributed by atoms with Crippen LogP contribution in [0.3, 0.4) is 0 Å². The minimum Gasteiger partial charge on any atom is -0.274 e. The van der Waals surface area contributed by atoms with Gasteiger partial charge in [0.2, 0.25) is 5.91 Å². The number of carbonyl (C=O) groups excluding carboxylic acids is 1. The molecule has 1 amide bonds. The van der Waals surface area contributed by atoms with E-state index in [2.05, 4.69) is 9.71 Å². The Morgan fingerprint density at radius 3 is 2.50 bits per heavy atom. The molecule has 0 saturated heterocycles. The monoisotopic (exact) mass is 322 g/mol. The lowest BCUT2D eigenvalue weighted by Gasteiger charge is -2.46. The predicted molar refractivity (Wildman–Crippen MR) is 82.5 cm³/mol. The maximum absolute atomic E-state index is 12.3. The summed E-state index contributed by atoms with van der Waals surface area (Å²) < 4.78 is 26.9. The van der Waals surface area contributed by atoms with Crippen LogP contribution in [0.25, 0.3) is 0 Å². The Morgan fingerprint density at radius 1 is 1.27 bits per heavy atom. The fourth-order valence-electron chi connectivity index (χ4n) is 3.67. The molecule has 120 valence electrons. The van der Waals surface area contributed by atoms with E-state index >= 15 is 0 Å². The minimum absolute atomic E-state index is 0.0784. The quantitative estimate of drug-likeness (QED) is 0.928. The third kappa shape index (κ3) is 2.89. The molecule has 2 saturated carbocycles. The van der Waals surface area contributed by atoms with E-state index < -0.39 is 10.0 Å². The molecule has 0 unspecified atom stereocenters. The molecule has 1 aromatic rings. The number of sulfonamides is 1. The number of pyridine rings is 1. The van der Waals surface area contributed by atoms with E-state index in [1.54, 1.807) is 13.0 Å². The van der Waals surface area contributed by atoms with Crippen LogP contribution in [-0.2, 0) is 14.8 Å². The van der Waals surface area contributed by atoms with Crippen LogP contribution in [-0.4, -0.2) is 19.3 Å². The summed E-state index contributed by atoms with van der Waals surface area (Å²) >= 11 is 0. The van der Waals surface area contributed by atoms with Gasteiger partial charge in [0, 0.05) is 18.3 Å². The number of rotatable bonds is 3. The van der Waals surface area contributed by atoms with Crippen molar-refractivity contribution in [2.24, 2.45) is 11.3 Å². The van der Waals surface area contributed by atoms with Gasteiger partial charge in [-0.25, -0.2) is 13.1 Å². The standard InChI is InChI=1S/C16H22N2O3S/c1-12-5-10-17-11-14(12)22(20,21)18-15(19)13-3-8-16(9-4-13)6-2-7-16/h5,10-11,13H,2-4,6-9H2,1H3,(H,18,19). The first-order valence-electron chi connectivity index (χ1n) is 7.89. The van der Waals surface area contributed by atoms with Crippen molar-refractivity contribution in [2.75, 3.05) is 0 Å². The molecule has 0 atom stereocenters. The third-order valence-electron chi connectivity index (χ3n) is 5.35. The minimum atomic E-state index is -3.82. The van der Waals surface area contributed by atoms with Crippen molar-refractivity contribution < 1.29 is 13.2 Å². The first-order valence-corrected chi connectivity index (χ1v) is 9.38. The normalized spacial score (nSPS) is 21.3. The second-order valence-electron chi connectivity index (χ2n) is 6.74. The zero-order valence-electron chi connectivity index (χ0n) is 12.8. The predicted octanol–water partition coefficient (Wildman–Crippen LogP) is 2.56. The largest absolute Gasteiger partial charge is 0.274 e. The third-order valence-corrected chi connectivity index (χ3v) is 6.82. The van der Waals surface area contributed by atoms with E-state index in [4.69, 9.17) is 0 Å². The Hall–Kier alpha value is -1.43. The first kappa shape index (κ1) is 15.5. The molecule has 1 spiro atoms. The van der Waals surface area contributed by atoms with E-state index in [9.17, 15) is 13.2 Å². The number of aromatic nitrogens is 1. The average Bonchev–Trinajstić information content (AvgIpc) is 2.45. The van der Waals surface area contributed by atoms with Crippen molar-refractivity contribution in [3.05, 3.63) is 24.0 Å². The van der Waals surface area contributed by atoms with E-state index in [1.165, 1.54) is 31.7 Å². The fourth-order valence-corrected chi connectivity index (χ4v) is 4.90. The summed E-state index contributed by atoms with van der Waals surface area (Å²) in [6, 6.07) is 1.62. The van der Waals surface area contributed by atoms with Gasteiger partial charge in [-0.1, -0.05) is 6.42 Å². The lowest BCUT2D eigenvalue weighted by atomic mass is 9.59. The Morgan fingerprint density at radius 2 is 1.95 bits per heavy atom. The summed E-state index contributed by atoms with van der Waals surface area (Å²) in [7, 11) is -3.82. The van der Waals surface area contributed by atoms with Gasteiger partial charge in [-0.05, 0) is 62.5 Å². The topological polar surface area (TPSA) is 76.1 Å². The molecule has 1 aromatic heterocycles. The Labute approximate surface area is 131 Å². The van der Waals surface area contributed by atoms with Crippen LogP contribution in [0, 0.1) is 18.3 Å². The number of hydrogen-bond acceptors (Lipinski definition) is 4. The van der Waals surface area contributed by atoms with E-state index in [1.807, 2.05) is 0 Å². The highest BCUT2D eigenvalue weighted by Crippen LogP contribution is 2.52. The van der Waals surface area contributed by atoms with Crippen LogP contribution in [0.4, 0.5) is 0 Å². The molecule has 22 heavy (non-hydrogen) atoms. The molecule has 2 aliphatic carbocycles. The zero-order valence-corrected chi connectivity index (χ0v) is 13.7. The molecule has 6 heteroatoms. The molecule has 0 aromatic carbocycles. The SMILES string of the molecule is Cc1ccncc1S(=O)(=O)NC(=O)C1CCC2(CCC2)CC1. The van der Waals surface area contributed by atoms with Crippen LogP contribution < -0.4 is 4.72 Å². The summed E-state index contributed by atoms with van der Waals surface area (Å²) in [6.07, 6.45) is 10.4. The highest BCUT2D eigenvalue weighted by atomic mass is 32.2. The summed E-state index contributed by atoms with van der Waals surface area (Å²) in [6.45, 7) is 1.70. The van der Waals surface area contributed by atoms with Crippen molar-refractivity contribution in [3.63, 3.8) is 0 Å². The molecule has 0 radical (unpaired) electrons. The molecule has 1 N–H and O–H groups in total. The summed E-state index contributed by atoms with van der Waals surface area (Å²) in [4.78, 5) is 16.2. The average molecular weight is 322 g/mol. The van der Waals surface area contributed by atoms with Crippen LogP contribution in [0.5, 0.6) is 0 Å². The fraction of sp³-hybridized carbons (Fsp3) is 0.625. The van der Waals surface area contributed by atoms with E-state index in [0.717, 1.165) is 25.7 Å². The molecule has 2 aliphatic rings. The van der Waals surface area contributed by atoms with Crippen molar-refractivity contribution >= 4 is 15.9 Å². The zero-order chi connectivity index (χ0) is 15.8. The van der Waals surface area contributed by atoms with Crippen LogP contribution >= 0.6 is 0 Å². The number of carbonyl (C=O) groups is 1. The Balaban J connectivity index is 1.65. The van der Waals surface area contributed by atoms with Crippen LogP contribution in [0.1, 0.15) is 50.5 Å². The highest BCUT2D eigenvalue weighted by Gasteiger charge is 2.41. The Bertz CT molecular complexity index is 670. The summed E-state index contributed by atoms with van der Waals surface area (Å²) in [5.41, 5.74) is 1.06. The number of hydrogen-bond donors (Lipinski definition) is 1. The van der Waals surface area contributed by atoms with E-state index in [-0.39, 0.29) is 16.7 Å². The molecule has 1 heterocycles. The molecular formula is C16H22N2O3S. The van der Waals surface area contributed by atoms with Crippen molar-refractivity contribution in [2.45, 2.75) is 56.8 Å². The van der Waals surface area contributed by atoms with Crippen molar-refractivity contribution in [1.29, 1.82) is 0 Å². The second kappa shape index (κ2) is 5.65. The van der Waals surface area contributed by atoms with E-state index in [0.29, 0.717) is 11.0 Å². The lowest BCUT2D eigenvalue weighted by molar-refractivity contribution is -0.125. The van der Waals surface area contributed by atoms with Gasteiger partial charge in [0.15, 0.2) is 0 Å². The molecule has 0 aliphatic heterocycles. The smallest absolute Gasteiger partial charge is 0.265 e. The van der Waals surface area contributed by atoms with Gasteiger partial charge in [-0.3, -0.25) is 9.78 Å². The summed E-state index contributed by atoms with van der Waals surface area (Å²) in [5, 5.41) is 0. The van der Waals surface area contributed by atoms with Crippen molar-refractivity contribution in [3.8, 4) is 0 Å². The van der Waals surface area contributed by atoms with Gasteiger partial charge in [0.1, 0.15) is 4.90 Å². The molecule has 2 fully saturated rings. The number of aryl methyl sites for hydroxylation is 1. The number of nitrogens with one attached hydrogen (secondary N) is 1. The van der Waals surface area contributed by atoms with Crippen LogP contribution in [0.2, 0.25) is 0 Å². The number of nitrogens with zero attached hydrogens (tertiary/aromatic N) is 1. The highest BCUT2D eigenvalue weighted by molar-refractivity contribution is 7.90. The maximum atomic E-state index is 12.3. The van der Waals surface area contributed by atoms with Gasteiger partial charge in [0.05, 0.1) is 0 Å². The van der Waals surface area contributed by atoms with Gasteiger partial charge >= 0.3 is 0 Å². The van der Waals surface area contributed by atoms with Gasteiger partial charge in [0.25, 0.3) is 10.0 Å². The molecular weight excluding hydrogens is 300 g/mol. The van der Waals surface area contributed by atoms with Gasteiger partial charge in [-0.15, -0.1) is 0 Å². The first-order chi connectivity index (χ1) is 10.4. The number of amides is 1.